The van der Waals surface area contributed by atoms with Gasteiger partial charge in [0.2, 0.25) is 5.91 Å². The highest BCUT2D eigenvalue weighted by molar-refractivity contribution is 7.91. The second-order valence-electron chi connectivity index (χ2n) is 5.73. The number of hydrogen-bond acceptors (Lipinski definition) is 6. The SMILES string of the molecule is CC(=O)N1CCN(C(=O)/C(C#N)=C\NC2CCS(=O)(=O)C2)CC1. The molecule has 0 aliphatic carbocycles. The summed E-state index contributed by atoms with van der Waals surface area (Å²) in [5.41, 5.74) is -0.0504. The van der Waals surface area contributed by atoms with E-state index in [1.165, 1.54) is 18.0 Å². The van der Waals surface area contributed by atoms with E-state index in [1.54, 1.807) is 4.90 Å². The Bertz CT molecular complexity index is 657. The summed E-state index contributed by atoms with van der Waals surface area (Å²) in [6, 6.07) is 1.60. The zero-order chi connectivity index (χ0) is 17.0. The predicted octanol–water partition coefficient (Wildman–Crippen LogP) is -1.14. The molecule has 0 saturated carbocycles. The molecule has 2 rings (SSSR count). The summed E-state index contributed by atoms with van der Waals surface area (Å²) in [5.74, 6) is -0.281. The van der Waals surface area contributed by atoms with Crippen LogP contribution in [0.4, 0.5) is 0 Å². The maximum Gasteiger partial charge on any atom is 0.266 e. The number of rotatable bonds is 3. The van der Waals surface area contributed by atoms with Gasteiger partial charge in [-0.05, 0) is 6.42 Å². The van der Waals surface area contributed by atoms with Crippen molar-refractivity contribution in [1.29, 1.82) is 5.26 Å². The van der Waals surface area contributed by atoms with Gasteiger partial charge >= 0.3 is 0 Å². The van der Waals surface area contributed by atoms with Crippen LogP contribution in [0, 0.1) is 11.3 Å². The first-order valence-electron chi connectivity index (χ1n) is 7.44. The molecule has 2 heterocycles. The van der Waals surface area contributed by atoms with Gasteiger partial charge in [0.25, 0.3) is 5.91 Å². The first-order valence-corrected chi connectivity index (χ1v) is 9.26. The third kappa shape index (κ3) is 4.45. The van der Waals surface area contributed by atoms with Crippen LogP contribution in [0.5, 0.6) is 0 Å². The van der Waals surface area contributed by atoms with E-state index in [9.17, 15) is 18.0 Å². The molecular weight excluding hydrogens is 320 g/mol. The summed E-state index contributed by atoms with van der Waals surface area (Å²) >= 11 is 0. The number of sulfone groups is 1. The molecule has 0 aromatic heterocycles. The molecular formula is C14H20N4O4S. The molecule has 1 unspecified atom stereocenters. The Kier molecular flexibility index (Phi) is 5.26. The number of nitrogens with one attached hydrogen (secondary N) is 1. The highest BCUT2D eigenvalue weighted by atomic mass is 32.2. The second-order valence-corrected chi connectivity index (χ2v) is 7.96. The number of nitriles is 1. The average molecular weight is 340 g/mol. The largest absolute Gasteiger partial charge is 0.386 e. The lowest BCUT2D eigenvalue weighted by molar-refractivity contribution is -0.136. The van der Waals surface area contributed by atoms with Crippen molar-refractivity contribution in [1.82, 2.24) is 15.1 Å². The van der Waals surface area contributed by atoms with Crippen molar-refractivity contribution in [2.45, 2.75) is 19.4 Å². The van der Waals surface area contributed by atoms with Crippen molar-refractivity contribution < 1.29 is 18.0 Å². The van der Waals surface area contributed by atoms with Crippen LogP contribution in [0.3, 0.4) is 0 Å². The number of nitrogens with zero attached hydrogens (tertiary/aromatic N) is 3. The van der Waals surface area contributed by atoms with Gasteiger partial charge in [-0.15, -0.1) is 0 Å². The summed E-state index contributed by atoms with van der Waals surface area (Å²) in [6.07, 6.45) is 1.79. The van der Waals surface area contributed by atoms with Gasteiger partial charge in [-0.3, -0.25) is 9.59 Å². The summed E-state index contributed by atoms with van der Waals surface area (Å²) in [4.78, 5) is 26.8. The van der Waals surface area contributed by atoms with Crippen LogP contribution in [-0.2, 0) is 19.4 Å². The van der Waals surface area contributed by atoms with Crippen molar-refractivity contribution in [3.8, 4) is 6.07 Å². The van der Waals surface area contributed by atoms with Crippen molar-refractivity contribution in [3.63, 3.8) is 0 Å². The van der Waals surface area contributed by atoms with E-state index in [0.29, 0.717) is 32.6 Å². The minimum Gasteiger partial charge on any atom is -0.386 e. The van der Waals surface area contributed by atoms with E-state index >= 15 is 0 Å². The van der Waals surface area contributed by atoms with E-state index in [-0.39, 0.29) is 29.0 Å². The Balaban J connectivity index is 1.93. The van der Waals surface area contributed by atoms with Crippen LogP contribution in [0.15, 0.2) is 11.8 Å². The molecule has 0 spiro atoms. The number of amides is 2. The average Bonchev–Trinajstić information content (AvgIpc) is 2.87. The van der Waals surface area contributed by atoms with Crippen LogP contribution in [-0.4, -0.2) is 73.8 Å². The van der Waals surface area contributed by atoms with E-state index in [2.05, 4.69) is 5.32 Å². The summed E-state index contributed by atoms with van der Waals surface area (Å²) in [6.45, 7) is 3.16. The van der Waals surface area contributed by atoms with Gasteiger partial charge in [0.15, 0.2) is 9.84 Å². The van der Waals surface area contributed by atoms with Crippen molar-refractivity contribution in [2.24, 2.45) is 0 Å². The number of piperazine rings is 1. The van der Waals surface area contributed by atoms with Gasteiger partial charge in [0.1, 0.15) is 11.6 Å². The molecule has 0 aromatic carbocycles. The summed E-state index contributed by atoms with van der Waals surface area (Å²) in [5, 5.41) is 12.0. The summed E-state index contributed by atoms with van der Waals surface area (Å²) in [7, 11) is -3.01. The van der Waals surface area contributed by atoms with Crippen LogP contribution in [0.2, 0.25) is 0 Å². The molecule has 0 radical (unpaired) electrons. The molecule has 2 aliphatic rings. The first kappa shape index (κ1) is 17.3. The van der Waals surface area contributed by atoms with Gasteiger partial charge < -0.3 is 15.1 Å². The Hall–Kier alpha value is -2.08. The van der Waals surface area contributed by atoms with E-state index in [0.717, 1.165) is 0 Å². The monoisotopic (exact) mass is 340 g/mol. The molecule has 1 atom stereocenters. The fourth-order valence-electron chi connectivity index (χ4n) is 2.66. The van der Waals surface area contributed by atoms with E-state index in [1.807, 2.05) is 6.07 Å². The van der Waals surface area contributed by atoms with Crippen molar-refractivity contribution in [2.75, 3.05) is 37.7 Å². The quantitative estimate of drug-likeness (QED) is 0.514. The maximum atomic E-state index is 12.3. The highest BCUT2D eigenvalue weighted by Gasteiger charge is 2.28. The van der Waals surface area contributed by atoms with E-state index < -0.39 is 15.7 Å². The van der Waals surface area contributed by atoms with Crippen molar-refractivity contribution in [3.05, 3.63) is 11.8 Å². The fourth-order valence-corrected chi connectivity index (χ4v) is 4.35. The van der Waals surface area contributed by atoms with E-state index in [4.69, 9.17) is 5.26 Å². The lowest BCUT2D eigenvalue weighted by Crippen LogP contribution is -2.50. The standard InChI is InChI=1S/C14H20N4O4S/c1-11(19)17-3-5-18(6-4-17)14(20)12(8-15)9-16-13-2-7-23(21,22)10-13/h9,13,16H,2-7,10H2,1H3/b12-9-. The molecule has 8 nitrogen and oxygen atoms in total. The zero-order valence-corrected chi connectivity index (χ0v) is 13.8. The number of hydrogen-bond donors (Lipinski definition) is 1. The second kappa shape index (κ2) is 7.00. The fraction of sp³-hybridized carbons (Fsp3) is 0.643. The molecule has 0 bridgehead atoms. The van der Waals surface area contributed by atoms with Gasteiger partial charge in [0, 0.05) is 45.3 Å². The third-order valence-electron chi connectivity index (χ3n) is 4.06. The Labute approximate surface area is 135 Å². The third-order valence-corrected chi connectivity index (χ3v) is 5.83. The predicted molar refractivity (Wildman–Crippen MR) is 82.7 cm³/mol. The lowest BCUT2D eigenvalue weighted by Gasteiger charge is -2.34. The zero-order valence-electron chi connectivity index (χ0n) is 13.0. The normalized spacial score (nSPS) is 24.2. The van der Waals surface area contributed by atoms with Gasteiger partial charge in [0.05, 0.1) is 11.5 Å². The van der Waals surface area contributed by atoms with Crippen LogP contribution in [0.25, 0.3) is 0 Å². The molecule has 2 fully saturated rings. The number of carbonyl (C=O) groups excluding carboxylic acids is 2. The molecule has 1 N–H and O–H groups in total. The molecule has 2 aliphatic heterocycles. The van der Waals surface area contributed by atoms with Crippen LogP contribution < -0.4 is 5.32 Å². The Morgan fingerprint density at radius 2 is 1.83 bits per heavy atom. The molecule has 126 valence electrons. The molecule has 2 amide bonds. The first-order chi connectivity index (χ1) is 10.8. The molecule has 23 heavy (non-hydrogen) atoms. The minimum absolute atomic E-state index is 0.0215. The van der Waals surface area contributed by atoms with Crippen LogP contribution >= 0.6 is 0 Å². The molecule has 9 heteroatoms. The topological polar surface area (TPSA) is 111 Å². The minimum atomic E-state index is -3.01. The highest BCUT2D eigenvalue weighted by Crippen LogP contribution is 2.12. The smallest absolute Gasteiger partial charge is 0.266 e. The molecule has 2 saturated heterocycles. The Morgan fingerprint density at radius 1 is 1.22 bits per heavy atom. The van der Waals surface area contributed by atoms with Crippen molar-refractivity contribution >= 4 is 21.7 Å². The lowest BCUT2D eigenvalue weighted by atomic mass is 10.2. The van der Waals surface area contributed by atoms with Crippen LogP contribution in [0.1, 0.15) is 13.3 Å². The Morgan fingerprint density at radius 3 is 2.30 bits per heavy atom. The molecule has 0 aromatic rings. The summed E-state index contributed by atoms with van der Waals surface area (Å²) < 4.78 is 22.8. The maximum absolute atomic E-state index is 12.3. The van der Waals surface area contributed by atoms with Gasteiger partial charge in [-0.25, -0.2) is 8.42 Å². The van der Waals surface area contributed by atoms with Gasteiger partial charge in [-0.1, -0.05) is 0 Å². The van der Waals surface area contributed by atoms with Gasteiger partial charge in [-0.2, -0.15) is 5.26 Å². The number of carbonyl (C=O) groups is 2.